The van der Waals surface area contributed by atoms with Gasteiger partial charge >= 0.3 is 12.2 Å². The van der Waals surface area contributed by atoms with Crippen molar-refractivity contribution in [2.75, 3.05) is 0 Å². The van der Waals surface area contributed by atoms with E-state index in [1.54, 1.807) is 0 Å². The first-order valence-corrected chi connectivity index (χ1v) is 6.07. The van der Waals surface area contributed by atoms with Crippen LogP contribution in [-0.2, 0) is 0 Å². The molecule has 0 aliphatic rings. The van der Waals surface area contributed by atoms with Gasteiger partial charge in [-0.25, -0.2) is 9.97 Å². The predicted molar refractivity (Wildman–Crippen MR) is 65.5 cm³/mol. The number of hydrogen-bond acceptors (Lipinski definition) is 6. The first-order chi connectivity index (χ1) is 11.4. The molecule has 0 unspecified atom stereocenters. The van der Waals surface area contributed by atoms with E-state index in [2.05, 4.69) is 29.9 Å². The van der Waals surface area contributed by atoms with Gasteiger partial charge in [0.1, 0.15) is 22.1 Å². The summed E-state index contributed by atoms with van der Waals surface area (Å²) in [6.07, 6.45) is -3.12. The highest BCUT2D eigenvalue weighted by molar-refractivity contribution is 6.20. The van der Waals surface area contributed by atoms with Crippen molar-refractivity contribution in [3.63, 3.8) is 0 Å². The minimum Gasteiger partial charge on any atom is -0.213 e. The van der Waals surface area contributed by atoms with Crippen LogP contribution >= 0.6 is 0 Å². The molecule has 0 aliphatic heterocycles. The van der Waals surface area contributed by atoms with Gasteiger partial charge in [-0.2, -0.15) is 46.3 Å². The molecule has 0 amide bonds. The molecule has 0 atom stereocenters. The fraction of sp³-hybridized carbons (Fsp3) is 0. The zero-order valence-electron chi connectivity index (χ0n) is 11.0. The van der Waals surface area contributed by atoms with E-state index in [1.165, 1.54) is 0 Å². The summed E-state index contributed by atoms with van der Waals surface area (Å²) in [5.41, 5.74) is -2.77. The maximum atomic E-state index is 14.0. The molecule has 0 saturated heterocycles. The summed E-state index contributed by atoms with van der Waals surface area (Å²) in [5.74, 6) is -6.45. The number of rotatable bonds is 0. The average Bonchev–Trinajstić information content (AvgIpc) is 2.48. The van der Waals surface area contributed by atoms with Gasteiger partial charge in [-0.05, 0) is 0 Å². The van der Waals surface area contributed by atoms with Crippen LogP contribution in [0, 0.1) is 35.9 Å². The van der Waals surface area contributed by atoms with Crippen molar-refractivity contribution in [3.05, 3.63) is 35.9 Å². The molecule has 0 aliphatic carbocycles. The summed E-state index contributed by atoms with van der Waals surface area (Å²) >= 11 is 0. The number of benzene rings is 1. The average molecular weight is 342 g/mol. The monoisotopic (exact) mass is 342 g/mol. The van der Waals surface area contributed by atoms with Crippen LogP contribution in [0.3, 0.4) is 0 Å². The van der Waals surface area contributed by atoms with Crippen LogP contribution in [0.15, 0.2) is 0 Å². The Morgan fingerprint density at radius 3 is 1.08 bits per heavy atom. The van der Waals surface area contributed by atoms with Gasteiger partial charge in [0.2, 0.25) is 11.9 Å². The van der Waals surface area contributed by atoms with Crippen molar-refractivity contribution < 1.29 is 26.3 Å². The smallest absolute Gasteiger partial charge is 0.213 e. The van der Waals surface area contributed by atoms with Crippen molar-refractivity contribution in [1.29, 1.82) is 0 Å². The molecule has 3 heterocycles. The second-order valence-electron chi connectivity index (χ2n) is 4.52. The van der Waals surface area contributed by atoms with Gasteiger partial charge in [0.25, 0.3) is 11.9 Å². The third-order valence-corrected chi connectivity index (χ3v) is 3.19. The fourth-order valence-electron chi connectivity index (χ4n) is 2.32. The van der Waals surface area contributed by atoms with Crippen molar-refractivity contribution in [1.82, 2.24) is 29.9 Å². The SMILES string of the molecule is Fc1nc(F)c2c(n1)c1nc(F)nc(F)c1c1nc(F)c(F)nc12. The molecule has 4 aromatic rings. The second-order valence-corrected chi connectivity index (χ2v) is 4.52. The van der Waals surface area contributed by atoms with Gasteiger partial charge in [-0.15, -0.1) is 0 Å². The van der Waals surface area contributed by atoms with Crippen molar-refractivity contribution >= 4 is 32.8 Å². The normalized spacial score (nSPS) is 11.8. The van der Waals surface area contributed by atoms with Gasteiger partial charge in [0, 0.05) is 0 Å². The summed E-state index contributed by atoms with van der Waals surface area (Å²) in [4.78, 5) is 18.3. The van der Waals surface area contributed by atoms with Gasteiger partial charge < -0.3 is 0 Å². The van der Waals surface area contributed by atoms with Crippen molar-refractivity contribution in [2.45, 2.75) is 0 Å². The Balaban J connectivity index is 2.46. The molecule has 3 aromatic heterocycles. The fourth-order valence-corrected chi connectivity index (χ4v) is 2.32. The zero-order chi connectivity index (χ0) is 17.2. The molecule has 0 bridgehead atoms. The number of fused-ring (bicyclic) bond motifs is 6. The predicted octanol–water partition coefficient (Wildman–Crippen LogP) is 2.35. The lowest BCUT2D eigenvalue weighted by atomic mass is 10.1. The maximum absolute atomic E-state index is 14.0. The van der Waals surface area contributed by atoms with Crippen LogP contribution < -0.4 is 0 Å². The summed E-state index contributed by atoms with van der Waals surface area (Å²) < 4.78 is 81.4. The van der Waals surface area contributed by atoms with Gasteiger partial charge in [-0.3, -0.25) is 0 Å². The van der Waals surface area contributed by atoms with E-state index in [0.29, 0.717) is 0 Å². The summed E-state index contributed by atoms with van der Waals surface area (Å²) in [6, 6.07) is 0. The van der Waals surface area contributed by atoms with Crippen LogP contribution in [0.25, 0.3) is 32.8 Å². The maximum Gasteiger partial charge on any atom is 0.311 e. The zero-order valence-corrected chi connectivity index (χ0v) is 11.0. The molecule has 0 saturated carbocycles. The number of nitrogens with zero attached hydrogens (tertiary/aromatic N) is 6. The minimum absolute atomic E-state index is 0.692. The molecule has 4 rings (SSSR count). The largest absolute Gasteiger partial charge is 0.311 e. The van der Waals surface area contributed by atoms with E-state index in [1.807, 2.05) is 0 Å². The Bertz CT molecular complexity index is 1070. The van der Waals surface area contributed by atoms with E-state index in [-0.39, 0.29) is 0 Å². The van der Waals surface area contributed by atoms with Crippen LogP contribution in [-0.4, -0.2) is 29.9 Å². The first-order valence-electron chi connectivity index (χ1n) is 6.07. The summed E-state index contributed by atoms with van der Waals surface area (Å²) in [6.45, 7) is 0. The number of hydrogen-bond donors (Lipinski definition) is 0. The minimum atomic E-state index is -1.71. The molecule has 0 radical (unpaired) electrons. The highest BCUT2D eigenvalue weighted by atomic mass is 19.2. The van der Waals surface area contributed by atoms with Gasteiger partial charge in [-0.1, -0.05) is 0 Å². The highest BCUT2D eigenvalue weighted by Gasteiger charge is 2.24. The number of halogens is 6. The standard InChI is InChI=1S/C12F6N6/c13-7-1-3-4(20-10(16)9(15)19-3)2-6(5(1)21-11(17)23-7)22-12(18)24-8(2)14. The highest BCUT2D eigenvalue weighted by Crippen LogP contribution is 2.33. The third-order valence-electron chi connectivity index (χ3n) is 3.19. The molecule has 12 heteroatoms. The molecule has 1 aromatic carbocycles. The van der Waals surface area contributed by atoms with Gasteiger partial charge in [0.05, 0.1) is 10.8 Å². The Kier molecular flexibility index (Phi) is 2.80. The Morgan fingerprint density at radius 1 is 0.375 bits per heavy atom. The van der Waals surface area contributed by atoms with E-state index in [9.17, 15) is 26.3 Å². The molecule has 0 fully saturated rings. The molecule has 0 spiro atoms. The second kappa shape index (κ2) is 4.66. The Labute approximate surface area is 126 Å². The lowest BCUT2D eigenvalue weighted by Gasteiger charge is -2.08. The van der Waals surface area contributed by atoms with E-state index >= 15 is 0 Å². The van der Waals surface area contributed by atoms with Gasteiger partial charge in [0.15, 0.2) is 0 Å². The Morgan fingerprint density at radius 2 is 0.708 bits per heavy atom. The summed E-state index contributed by atoms with van der Waals surface area (Å²) in [5, 5.41) is -1.44. The molecule has 6 nitrogen and oxygen atoms in total. The molecule has 120 valence electrons. The van der Waals surface area contributed by atoms with Crippen LogP contribution in [0.5, 0.6) is 0 Å². The third kappa shape index (κ3) is 1.85. The molecular formula is C12F6N6. The lowest BCUT2D eigenvalue weighted by Crippen LogP contribution is -2.05. The van der Waals surface area contributed by atoms with Crippen LogP contribution in [0.1, 0.15) is 0 Å². The van der Waals surface area contributed by atoms with Crippen LogP contribution in [0.4, 0.5) is 26.3 Å². The Hall–Kier alpha value is -3.18. The van der Waals surface area contributed by atoms with E-state index in [0.717, 1.165) is 0 Å². The summed E-state index contributed by atoms with van der Waals surface area (Å²) in [7, 11) is 0. The van der Waals surface area contributed by atoms with E-state index in [4.69, 9.17) is 0 Å². The van der Waals surface area contributed by atoms with E-state index < -0.39 is 68.8 Å². The lowest BCUT2D eigenvalue weighted by molar-refractivity contribution is 0.458. The number of aromatic nitrogens is 6. The first kappa shape index (κ1) is 14.4. The van der Waals surface area contributed by atoms with Crippen molar-refractivity contribution in [2.24, 2.45) is 0 Å². The van der Waals surface area contributed by atoms with Crippen LogP contribution in [0.2, 0.25) is 0 Å². The molecule has 24 heavy (non-hydrogen) atoms. The molecule has 0 N–H and O–H groups in total. The van der Waals surface area contributed by atoms with Crippen molar-refractivity contribution in [3.8, 4) is 0 Å². The topological polar surface area (TPSA) is 77.3 Å². The molecular weight excluding hydrogens is 342 g/mol. The quantitative estimate of drug-likeness (QED) is 0.211.